The Bertz CT molecular complexity index is 1030. The molecule has 3 heterocycles. The summed E-state index contributed by atoms with van der Waals surface area (Å²) in [7, 11) is -3.18. The molecule has 1 N–H and O–H groups in total. The van der Waals surface area contributed by atoms with E-state index >= 15 is 0 Å². The van der Waals surface area contributed by atoms with E-state index in [0.717, 1.165) is 16.6 Å². The molecule has 1 aliphatic rings. The standard InChI is InChI=1S/C16H17N5O3S/c1-11-14-15(18-10-19-16(14)24-20-11)17-9-12-4-2-5-13(8-12)21-6-3-7-25(21,22)23/h2,4-5,8,10H,3,6-7,9H2,1H3,(H,17,18,19). The second kappa shape index (κ2) is 5.99. The topological polar surface area (TPSA) is 101 Å². The number of aromatic nitrogens is 3. The third-order valence-corrected chi connectivity index (χ3v) is 6.07. The Kier molecular flexibility index (Phi) is 3.79. The van der Waals surface area contributed by atoms with E-state index in [1.165, 1.54) is 10.6 Å². The summed E-state index contributed by atoms with van der Waals surface area (Å²) in [6, 6.07) is 7.51. The molecule has 0 spiro atoms. The molecule has 0 saturated carbocycles. The van der Waals surface area contributed by atoms with Crippen LogP contribution in [0.5, 0.6) is 0 Å². The summed E-state index contributed by atoms with van der Waals surface area (Å²) in [5.74, 6) is 0.851. The summed E-state index contributed by atoms with van der Waals surface area (Å²) in [4.78, 5) is 8.30. The highest BCUT2D eigenvalue weighted by Crippen LogP contribution is 2.26. The summed E-state index contributed by atoms with van der Waals surface area (Å²) in [6.07, 6.45) is 2.08. The maximum absolute atomic E-state index is 12.1. The second-order valence-electron chi connectivity index (χ2n) is 5.94. The number of aryl methyl sites for hydroxylation is 1. The number of hydrogen-bond donors (Lipinski definition) is 1. The first-order valence-electron chi connectivity index (χ1n) is 7.95. The summed E-state index contributed by atoms with van der Waals surface area (Å²) in [5.41, 5.74) is 2.81. The summed E-state index contributed by atoms with van der Waals surface area (Å²) < 4.78 is 30.8. The average molecular weight is 359 g/mol. The Morgan fingerprint density at radius 1 is 1.32 bits per heavy atom. The Morgan fingerprint density at radius 3 is 3.00 bits per heavy atom. The van der Waals surface area contributed by atoms with Crippen LogP contribution >= 0.6 is 0 Å². The molecule has 8 nitrogen and oxygen atoms in total. The van der Waals surface area contributed by atoms with Crippen molar-refractivity contribution in [1.29, 1.82) is 0 Å². The zero-order valence-electron chi connectivity index (χ0n) is 13.6. The molecule has 4 rings (SSSR count). The van der Waals surface area contributed by atoms with Gasteiger partial charge in [0.15, 0.2) is 0 Å². The molecule has 3 aromatic rings. The number of fused-ring (bicyclic) bond motifs is 1. The molecular formula is C16H17N5O3S. The largest absolute Gasteiger partial charge is 0.365 e. The number of hydrogen-bond acceptors (Lipinski definition) is 7. The van der Waals surface area contributed by atoms with Crippen LogP contribution in [0.25, 0.3) is 11.1 Å². The van der Waals surface area contributed by atoms with Crippen molar-refractivity contribution in [2.45, 2.75) is 19.9 Å². The maximum Gasteiger partial charge on any atom is 0.263 e. The monoisotopic (exact) mass is 359 g/mol. The Labute approximate surface area is 144 Å². The quantitative estimate of drug-likeness (QED) is 0.761. The molecule has 0 bridgehead atoms. The highest BCUT2D eigenvalue weighted by molar-refractivity contribution is 7.93. The average Bonchev–Trinajstić information content (AvgIpc) is 3.16. The van der Waals surface area contributed by atoms with Gasteiger partial charge >= 0.3 is 0 Å². The predicted octanol–water partition coefficient (Wildman–Crippen LogP) is 2.08. The van der Waals surface area contributed by atoms with Gasteiger partial charge in [-0.15, -0.1) is 0 Å². The van der Waals surface area contributed by atoms with Crippen LogP contribution in [0, 0.1) is 6.92 Å². The molecule has 1 aromatic carbocycles. The number of nitrogens with one attached hydrogen (secondary N) is 1. The molecule has 2 aromatic heterocycles. The van der Waals surface area contributed by atoms with E-state index in [1.54, 1.807) is 0 Å². The molecule has 0 unspecified atom stereocenters. The van der Waals surface area contributed by atoms with Gasteiger partial charge in [0.25, 0.3) is 5.71 Å². The lowest BCUT2D eigenvalue weighted by molar-refractivity contribution is 0.442. The van der Waals surface area contributed by atoms with Gasteiger partial charge < -0.3 is 9.84 Å². The summed E-state index contributed by atoms with van der Waals surface area (Å²) in [5, 5.41) is 7.90. The first-order chi connectivity index (χ1) is 12.0. The van der Waals surface area contributed by atoms with Crippen LogP contribution in [0.3, 0.4) is 0 Å². The van der Waals surface area contributed by atoms with Gasteiger partial charge in [-0.25, -0.2) is 13.4 Å². The number of sulfonamides is 1. The fourth-order valence-electron chi connectivity index (χ4n) is 2.99. The SMILES string of the molecule is Cc1noc2ncnc(NCc3cccc(N4CCCS4(=O)=O)c3)c12. The molecule has 0 atom stereocenters. The van der Waals surface area contributed by atoms with E-state index in [9.17, 15) is 8.42 Å². The van der Waals surface area contributed by atoms with Crippen molar-refractivity contribution in [3.05, 3.63) is 41.9 Å². The lowest BCUT2D eigenvalue weighted by Crippen LogP contribution is -2.25. The van der Waals surface area contributed by atoms with Crippen LogP contribution in [-0.4, -0.2) is 35.8 Å². The van der Waals surface area contributed by atoms with Crippen molar-refractivity contribution in [3.63, 3.8) is 0 Å². The molecule has 1 saturated heterocycles. The van der Waals surface area contributed by atoms with E-state index in [-0.39, 0.29) is 5.75 Å². The van der Waals surface area contributed by atoms with Gasteiger partial charge in [0.05, 0.1) is 17.1 Å². The zero-order chi connectivity index (χ0) is 17.4. The van der Waals surface area contributed by atoms with Crippen LogP contribution in [-0.2, 0) is 16.6 Å². The molecule has 9 heteroatoms. The van der Waals surface area contributed by atoms with Crippen molar-refractivity contribution < 1.29 is 12.9 Å². The smallest absolute Gasteiger partial charge is 0.263 e. The molecule has 0 aliphatic carbocycles. The van der Waals surface area contributed by atoms with Crippen molar-refractivity contribution >= 4 is 32.6 Å². The van der Waals surface area contributed by atoms with E-state index in [0.29, 0.717) is 36.7 Å². The number of benzene rings is 1. The van der Waals surface area contributed by atoms with Gasteiger partial charge in [-0.1, -0.05) is 17.3 Å². The van der Waals surface area contributed by atoms with Crippen LogP contribution in [0.2, 0.25) is 0 Å². The van der Waals surface area contributed by atoms with Gasteiger partial charge in [0.1, 0.15) is 17.5 Å². The lowest BCUT2D eigenvalue weighted by atomic mass is 10.2. The molecule has 0 amide bonds. The summed E-state index contributed by atoms with van der Waals surface area (Å²) in [6.45, 7) is 2.86. The highest BCUT2D eigenvalue weighted by Gasteiger charge is 2.28. The van der Waals surface area contributed by atoms with Crippen LogP contribution in [0.15, 0.2) is 35.1 Å². The number of nitrogens with zero attached hydrogens (tertiary/aromatic N) is 4. The molecule has 1 fully saturated rings. The van der Waals surface area contributed by atoms with Gasteiger partial charge in [0.2, 0.25) is 10.0 Å². The third-order valence-electron chi connectivity index (χ3n) is 4.20. The maximum atomic E-state index is 12.1. The van der Waals surface area contributed by atoms with E-state index in [4.69, 9.17) is 4.52 Å². The van der Waals surface area contributed by atoms with E-state index in [2.05, 4.69) is 20.4 Å². The first kappa shape index (κ1) is 15.8. The summed E-state index contributed by atoms with van der Waals surface area (Å²) >= 11 is 0. The lowest BCUT2D eigenvalue weighted by Gasteiger charge is -2.17. The third kappa shape index (κ3) is 2.91. The zero-order valence-corrected chi connectivity index (χ0v) is 14.5. The first-order valence-corrected chi connectivity index (χ1v) is 9.56. The van der Waals surface area contributed by atoms with Crippen LogP contribution < -0.4 is 9.62 Å². The fourth-order valence-corrected chi connectivity index (χ4v) is 4.55. The Morgan fingerprint density at radius 2 is 2.20 bits per heavy atom. The van der Waals surface area contributed by atoms with E-state index < -0.39 is 10.0 Å². The van der Waals surface area contributed by atoms with Crippen molar-refractivity contribution in [2.24, 2.45) is 0 Å². The molecule has 1 aliphatic heterocycles. The van der Waals surface area contributed by atoms with Crippen LogP contribution in [0.1, 0.15) is 17.7 Å². The Hall–Kier alpha value is -2.68. The molecular weight excluding hydrogens is 342 g/mol. The van der Waals surface area contributed by atoms with E-state index in [1.807, 2.05) is 31.2 Å². The molecule has 25 heavy (non-hydrogen) atoms. The van der Waals surface area contributed by atoms with Gasteiger partial charge in [-0.2, -0.15) is 4.98 Å². The highest BCUT2D eigenvalue weighted by atomic mass is 32.2. The fraction of sp³-hybridized carbons (Fsp3) is 0.312. The van der Waals surface area contributed by atoms with Crippen molar-refractivity contribution in [2.75, 3.05) is 21.9 Å². The van der Waals surface area contributed by atoms with Gasteiger partial charge in [-0.3, -0.25) is 4.31 Å². The minimum atomic E-state index is -3.18. The Balaban J connectivity index is 1.57. The van der Waals surface area contributed by atoms with Crippen molar-refractivity contribution in [3.8, 4) is 0 Å². The number of anilines is 2. The second-order valence-corrected chi connectivity index (χ2v) is 7.95. The molecule has 0 radical (unpaired) electrons. The predicted molar refractivity (Wildman–Crippen MR) is 93.9 cm³/mol. The van der Waals surface area contributed by atoms with Gasteiger partial charge in [0, 0.05) is 13.1 Å². The number of rotatable bonds is 4. The van der Waals surface area contributed by atoms with Crippen LogP contribution in [0.4, 0.5) is 11.5 Å². The normalized spacial score (nSPS) is 16.4. The minimum absolute atomic E-state index is 0.209. The van der Waals surface area contributed by atoms with Gasteiger partial charge in [-0.05, 0) is 31.0 Å². The minimum Gasteiger partial charge on any atom is -0.365 e. The molecule has 130 valence electrons. The van der Waals surface area contributed by atoms with Crippen molar-refractivity contribution in [1.82, 2.24) is 15.1 Å².